The second-order valence-electron chi connectivity index (χ2n) is 11.2. The maximum atomic E-state index is 13.4. The van der Waals surface area contributed by atoms with E-state index in [9.17, 15) is 9.59 Å². The second kappa shape index (κ2) is 10.7. The molecule has 2 aliphatic heterocycles. The van der Waals surface area contributed by atoms with Gasteiger partial charge in [-0.1, -0.05) is 12.1 Å². The first-order valence-corrected chi connectivity index (χ1v) is 13.6. The van der Waals surface area contributed by atoms with E-state index in [0.717, 1.165) is 34.7 Å². The Bertz CT molecular complexity index is 1310. The Morgan fingerprint density at radius 1 is 1.13 bits per heavy atom. The van der Waals surface area contributed by atoms with Crippen molar-refractivity contribution in [2.24, 2.45) is 5.92 Å². The van der Waals surface area contributed by atoms with Crippen LogP contribution in [0.3, 0.4) is 0 Å². The standard InChI is InChI=1S/C31H37N3O5/c1-6-37-22-12-9-20(10-13-22)27-24-15-16-34(30(36)39-31(2,3)4)28(24)25-18-21(11-14-26(25)32-27)29(35)33(5)19-23-8-7-17-38-23/h7-14,17-18,24,27-28,32H,6,15-16,19H2,1-5H3/t24-,27?,28-/m0/s1. The molecule has 1 saturated heterocycles. The van der Waals surface area contributed by atoms with Gasteiger partial charge < -0.3 is 29.0 Å². The summed E-state index contributed by atoms with van der Waals surface area (Å²) in [5.41, 5.74) is 2.94. The van der Waals surface area contributed by atoms with E-state index in [1.807, 2.05) is 75.1 Å². The number of amides is 2. The maximum Gasteiger partial charge on any atom is 0.410 e. The van der Waals surface area contributed by atoms with Gasteiger partial charge in [0, 0.05) is 30.8 Å². The molecule has 206 valence electrons. The van der Waals surface area contributed by atoms with E-state index in [1.54, 1.807) is 18.2 Å². The van der Waals surface area contributed by atoms with Crippen LogP contribution in [-0.4, -0.2) is 47.6 Å². The fraction of sp³-hybridized carbons (Fsp3) is 0.419. The number of anilines is 1. The van der Waals surface area contributed by atoms with Crippen molar-refractivity contribution in [1.82, 2.24) is 9.80 Å². The molecule has 3 aromatic rings. The van der Waals surface area contributed by atoms with Crippen molar-refractivity contribution in [3.05, 3.63) is 83.3 Å². The van der Waals surface area contributed by atoms with Gasteiger partial charge in [-0.3, -0.25) is 4.79 Å². The smallest absolute Gasteiger partial charge is 0.410 e. The van der Waals surface area contributed by atoms with Crippen molar-refractivity contribution < 1.29 is 23.5 Å². The summed E-state index contributed by atoms with van der Waals surface area (Å²) in [4.78, 5) is 30.2. The molecule has 3 atom stereocenters. The number of carbonyl (C=O) groups excluding carboxylic acids is 2. The molecule has 0 radical (unpaired) electrons. The molecule has 2 aliphatic rings. The molecule has 2 amide bonds. The molecular weight excluding hydrogens is 494 g/mol. The third-order valence-electron chi connectivity index (χ3n) is 7.30. The first kappa shape index (κ1) is 26.7. The highest BCUT2D eigenvalue weighted by Crippen LogP contribution is 2.52. The molecule has 1 aromatic heterocycles. The molecule has 1 fully saturated rings. The number of nitrogens with one attached hydrogen (secondary N) is 1. The van der Waals surface area contributed by atoms with Crippen LogP contribution in [0.1, 0.15) is 73.4 Å². The lowest BCUT2D eigenvalue weighted by Crippen LogP contribution is -2.40. The number of hydrogen-bond acceptors (Lipinski definition) is 6. The topological polar surface area (TPSA) is 84.3 Å². The monoisotopic (exact) mass is 531 g/mol. The molecule has 0 spiro atoms. The molecular formula is C31H37N3O5. The number of ether oxygens (including phenoxy) is 2. The maximum absolute atomic E-state index is 13.4. The minimum Gasteiger partial charge on any atom is -0.494 e. The minimum absolute atomic E-state index is 0.00575. The van der Waals surface area contributed by atoms with Crippen molar-refractivity contribution in [2.75, 3.05) is 25.5 Å². The molecule has 1 unspecified atom stereocenters. The molecule has 3 heterocycles. The van der Waals surface area contributed by atoms with Crippen molar-refractivity contribution in [3.8, 4) is 5.75 Å². The molecule has 0 aliphatic carbocycles. The lowest BCUT2D eigenvalue weighted by molar-refractivity contribution is 0.0198. The van der Waals surface area contributed by atoms with Gasteiger partial charge in [-0.25, -0.2) is 4.79 Å². The van der Waals surface area contributed by atoms with Crippen molar-refractivity contribution in [3.63, 3.8) is 0 Å². The SMILES string of the molecule is CCOc1ccc(C2Nc3ccc(C(=O)N(C)Cc4ccco4)cc3[C@@H]3[C@H]2CCN3C(=O)OC(C)(C)C)cc1. The molecule has 39 heavy (non-hydrogen) atoms. The van der Waals surface area contributed by atoms with Crippen LogP contribution in [0, 0.1) is 5.92 Å². The first-order chi connectivity index (χ1) is 18.6. The number of hydrogen-bond donors (Lipinski definition) is 1. The highest BCUT2D eigenvalue weighted by Gasteiger charge is 2.47. The van der Waals surface area contributed by atoms with Gasteiger partial charge in [0.2, 0.25) is 0 Å². The summed E-state index contributed by atoms with van der Waals surface area (Å²) in [6.45, 7) is 9.17. The van der Waals surface area contributed by atoms with Gasteiger partial charge in [0.05, 0.1) is 31.5 Å². The Morgan fingerprint density at radius 2 is 1.90 bits per heavy atom. The van der Waals surface area contributed by atoms with E-state index in [1.165, 1.54) is 0 Å². The summed E-state index contributed by atoms with van der Waals surface area (Å²) in [6.07, 6.45) is 2.08. The van der Waals surface area contributed by atoms with Gasteiger partial charge in [0.15, 0.2) is 0 Å². The van der Waals surface area contributed by atoms with Gasteiger partial charge in [-0.2, -0.15) is 0 Å². The van der Waals surface area contributed by atoms with Crippen molar-refractivity contribution in [2.45, 2.75) is 58.3 Å². The molecule has 8 heteroatoms. The average Bonchev–Trinajstić information content (AvgIpc) is 3.58. The fourth-order valence-electron chi connectivity index (χ4n) is 5.63. The van der Waals surface area contributed by atoms with Gasteiger partial charge in [0.25, 0.3) is 5.91 Å². The predicted molar refractivity (Wildman–Crippen MR) is 149 cm³/mol. The van der Waals surface area contributed by atoms with Crippen molar-refractivity contribution in [1.29, 1.82) is 0 Å². The zero-order chi connectivity index (χ0) is 27.7. The number of nitrogens with zero attached hydrogens (tertiary/aromatic N) is 2. The van der Waals surface area contributed by atoms with E-state index in [2.05, 4.69) is 17.4 Å². The Hall–Kier alpha value is -3.94. The summed E-state index contributed by atoms with van der Waals surface area (Å²) in [5.74, 6) is 1.55. The van der Waals surface area contributed by atoms with Gasteiger partial charge in [-0.05, 0) is 87.7 Å². The fourth-order valence-corrected chi connectivity index (χ4v) is 5.63. The molecule has 0 bridgehead atoms. The van der Waals surface area contributed by atoms with Gasteiger partial charge in [-0.15, -0.1) is 0 Å². The van der Waals surface area contributed by atoms with Crippen LogP contribution in [0.4, 0.5) is 10.5 Å². The number of carbonyl (C=O) groups is 2. The Kier molecular flexibility index (Phi) is 7.30. The minimum atomic E-state index is -0.605. The van der Waals surface area contributed by atoms with Gasteiger partial charge >= 0.3 is 6.09 Å². The van der Waals surface area contributed by atoms with Gasteiger partial charge in [0.1, 0.15) is 17.1 Å². The molecule has 8 nitrogen and oxygen atoms in total. The van der Waals surface area contributed by atoms with E-state index in [4.69, 9.17) is 13.9 Å². The normalized spacial score (nSPS) is 20.0. The van der Waals surface area contributed by atoms with Crippen LogP contribution in [0.25, 0.3) is 0 Å². The molecule has 1 N–H and O–H groups in total. The predicted octanol–water partition coefficient (Wildman–Crippen LogP) is 6.42. The third kappa shape index (κ3) is 5.60. The van der Waals surface area contributed by atoms with E-state index in [0.29, 0.717) is 25.3 Å². The van der Waals surface area contributed by atoms with E-state index in [-0.39, 0.29) is 30.0 Å². The Labute approximate surface area is 229 Å². The largest absolute Gasteiger partial charge is 0.494 e. The summed E-state index contributed by atoms with van der Waals surface area (Å²) in [6, 6.07) is 17.3. The average molecular weight is 532 g/mol. The summed E-state index contributed by atoms with van der Waals surface area (Å²) < 4.78 is 16.9. The number of likely N-dealkylation sites (tertiary alicyclic amines) is 1. The highest BCUT2D eigenvalue weighted by atomic mass is 16.6. The van der Waals surface area contributed by atoms with Crippen LogP contribution in [0.15, 0.2) is 65.3 Å². The zero-order valence-electron chi connectivity index (χ0n) is 23.3. The Morgan fingerprint density at radius 3 is 2.56 bits per heavy atom. The lowest BCUT2D eigenvalue weighted by atomic mass is 9.79. The van der Waals surface area contributed by atoms with E-state index >= 15 is 0 Å². The molecule has 0 saturated carbocycles. The van der Waals surface area contributed by atoms with Crippen molar-refractivity contribution >= 4 is 17.7 Å². The van der Waals surface area contributed by atoms with Crippen LogP contribution >= 0.6 is 0 Å². The third-order valence-corrected chi connectivity index (χ3v) is 7.30. The van der Waals surface area contributed by atoms with Crippen LogP contribution < -0.4 is 10.1 Å². The number of furan rings is 1. The second-order valence-corrected chi connectivity index (χ2v) is 11.2. The Balaban J connectivity index is 1.49. The number of fused-ring (bicyclic) bond motifs is 3. The summed E-state index contributed by atoms with van der Waals surface area (Å²) in [7, 11) is 1.76. The first-order valence-electron chi connectivity index (χ1n) is 13.6. The summed E-state index contributed by atoms with van der Waals surface area (Å²) in [5, 5.41) is 3.72. The highest BCUT2D eigenvalue weighted by molar-refractivity contribution is 5.95. The van der Waals surface area contributed by atoms with Crippen LogP contribution in [0.2, 0.25) is 0 Å². The quantitative estimate of drug-likeness (QED) is 0.395. The molecule has 2 aromatic carbocycles. The summed E-state index contributed by atoms with van der Waals surface area (Å²) >= 11 is 0. The number of benzene rings is 2. The lowest BCUT2D eigenvalue weighted by Gasteiger charge is -2.40. The number of rotatable bonds is 6. The van der Waals surface area contributed by atoms with E-state index < -0.39 is 5.60 Å². The zero-order valence-corrected chi connectivity index (χ0v) is 23.3. The van der Waals surface area contributed by atoms with Crippen LogP contribution in [-0.2, 0) is 11.3 Å². The van der Waals surface area contributed by atoms with Crippen LogP contribution in [0.5, 0.6) is 5.75 Å². The molecule has 5 rings (SSSR count).